The van der Waals surface area contributed by atoms with Gasteiger partial charge in [0.15, 0.2) is 0 Å². The van der Waals surface area contributed by atoms with Crippen molar-refractivity contribution in [3.8, 4) is 0 Å². The number of carbonyl (C=O) groups is 2. The normalized spacial score (nSPS) is 17.4. The van der Waals surface area contributed by atoms with Crippen molar-refractivity contribution in [3.05, 3.63) is 63.7 Å². The Bertz CT molecular complexity index is 869. The van der Waals surface area contributed by atoms with E-state index in [2.05, 4.69) is 10.6 Å². The molecule has 0 saturated heterocycles. The second-order valence-electron chi connectivity index (χ2n) is 5.62. The van der Waals surface area contributed by atoms with Gasteiger partial charge in [-0.1, -0.05) is 23.9 Å². The summed E-state index contributed by atoms with van der Waals surface area (Å²) in [6.07, 6.45) is 0. The molecule has 0 aliphatic carbocycles. The van der Waals surface area contributed by atoms with Gasteiger partial charge in [-0.15, -0.1) is 0 Å². The third-order valence-corrected chi connectivity index (χ3v) is 4.85. The second-order valence-corrected chi connectivity index (χ2v) is 6.70. The molecule has 3 rings (SSSR count). The molecule has 0 aromatic heterocycles. The van der Waals surface area contributed by atoms with Crippen LogP contribution in [-0.2, 0) is 0 Å². The minimum absolute atomic E-state index is 0.107. The highest BCUT2D eigenvalue weighted by Crippen LogP contribution is 2.35. The van der Waals surface area contributed by atoms with E-state index in [1.54, 1.807) is 31.2 Å². The van der Waals surface area contributed by atoms with Crippen LogP contribution in [0.15, 0.2) is 52.3 Å². The lowest BCUT2D eigenvalue weighted by atomic mass is 10.1. The number of benzene rings is 2. The lowest BCUT2D eigenvalue weighted by Crippen LogP contribution is -2.41. The lowest BCUT2D eigenvalue weighted by Gasteiger charge is -2.14. The number of hydrogen-bond donors (Lipinski definition) is 2. The number of amides is 2. The Hall–Kier alpha value is -2.87. The van der Waals surface area contributed by atoms with Crippen LogP contribution in [0.3, 0.4) is 0 Å². The lowest BCUT2D eigenvalue weighted by molar-refractivity contribution is -0.385. The Balaban J connectivity index is 2.15. The molecule has 0 spiro atoms. The maximum Gasteiger partial charge on any atom is 0.270 e. The Morgan fingerprint density at radius 1 is 1.08 bits per heavy atom. The molecule has 2 aromatic rings. The number of non-ortho nitro benzene ring substituents is 1. The molecule has 2 amide bonds. The smallest absolute Gasteiger partial charge is 0.270 e. The predicted octanol–water partition coefficient (Wildman–Crippen LogP) is 2.61. The maximum atomic E-state index is 12.5. The quantitative estimate of drug-likeness (QED) is 0.603. The Kier molecular flexibility index (Phi) is 4.71. The van der Waals surface area contributed by atoms with Crippen LogP contribution in [0.1, 0.15) is 27.6 Å². The number of nitro groups is 1. The summed E-state index contributed by atoms with van der Waals surface area (Å²) < 4.78 is 0. The van der Waals surface area contributed by atoms with Crippen molar-refractivity contribution in [1.82, 2.24) is 10.6 Å². The molecule has 1 unspecified atom stereocenters. The van der Waals surface area contributed by atoms with Crippen molar-refractivity contribution in [2.24, 2.45) is 0 Å². The molecule has 0 bridgehead atoms. The van der Waals surface area contributed by atoms with Gasteiger partial charge >= 0.3 is 0 Å². The summed E-state index contributed by atoms with van der Waals surface area (Å²) in [4.78, 5) is 36.6. The van der Waals surface area contributed by atoms with Crippen molar-refractivity contribution < 1.29 is 14.5 Å². The van der Waals surface area contributed by atoms with Crippen LogP contribution in [-0.4, -0.2) is 29.3 Å². The van der Waals surface area contributed by atoms with Crippen LogP contribution in [0, 0.1) is 10.1 Å². The predicted molar refractivity (Wildman–Crippen MR) is 92.9 cm³/mol. The highest BCUT2D eigenvalue weighted by Gasteiger charge is 2.22. The fourth-order valence-corrected chi connectivity index (χ4v) is 3.56. The van der Waals surface area contributed by atoms with Gasteiger partial charge in [-0.3, -0.25) is 19.7 Å². The molecular formula is C17H15N3O4S. The molecule has 8 heteroatoms. The molecule has 1 heterocycles. The minimum atomic E-state index is -0.509. The number of rotatable bonds is 1. The molecule has 0 fully saturated rings. The number of nitrogens with one attached hydrogen (secondary N) is 2. The van der Waals surface area contributed by atoms with E-state index in [4.69, 9.17) is 0 Å². The average molecular weight is 357 g/mol. The summed E-state index contributed by atoms with van der Waals surface area (Å²) in [6, 6.07) is 10.8. The van der Waals surface area contributed by atoms with Crippen LogP contribution in [0.4, 0.5) is 5.69 Å². The Morgan fingerprint density at radius 3 is 2.56 bits per heavy atom. The first kappa shape index (κ1) is 17.0. The van der Waals surface area contributed by atoms with Gasteiger partial charge in [0.2, 0.25) is 0 Å². The zero-order chi connectivity index (χ0) is 18.0. The third kappa shape index (κ3) is 3.63. The minimum Gasteiger partial charge on any atom is -0.350 e. The van der Waals surface area contributed by atoms with Crippen LogP contribution in [0.25, 0.3) is 0 Å². The molecule has 1 aliphatic heterocycles. The van der Waals surface area contributed by atoms with Crippen molar-refractivity contribution in [2.45, 2.75) is 22.8 Å². The highest BCUT2D eigenvalue weighted by molar-refractivity contribution is 7.99. The standard InChI is InChI=1S/C17H15N3O4S/c1-10-9-18-16(21)12-4-2-3-5-14(12)25-15-8-11(20(23)24)6-7-13(15)17(22)19-10/h2-8,10H,9H2,1H3,(H,18,21)(H,19,22). The van der Waals surface area contributed by atoms with Gasteiger partial charge in [0, 0.05) is 34.5 Å². The van der Waals surface area contributed by atoms with Crippen LogP contribution in [0.5, 0.6) is 0 Å². The van der Waals surface area contributed by atoms with Crippen molar-refractivity contribution in [2.75, 3.05) is 6.54 Å². The fraction of sp³-hybridized carbons (Fsp3) is 0.176. The SMILES string of the molecule is CC1CNC(=O)c2ccccc2Sc2cc([N+](=O)[O-])ccc2C(=O)N1. The Morgan fingerprint density at radius 2 is 1.80 bits per heavy atom. The van der Waals surface area contributed by atoms with Crippen LogP contribution >= 0.6 is 11.8 Å². The molecular weight excluding hydrogens is 342 g/mol. The topological polar surface area (TPSA) is 101 Å². The molecule has 25 heavy (non-hydrogen) atoms. The van der Waals surface area contributed by atoms with E-state index in [0.29, 0.717) is 20.9 Å². The van der Waals surface area contributed by atoms with Gasteiger partial charge in [-0.05, 0) is 25.1 Å². The molecule has 128 valence electrons. The maximum absolute atomic E-state index is 12.5. The first-order valence-corrected chi connectivity index (χ1v) is 8.41. The average Bonchev–Trinajstić information content (AvgIpc) is 2.60. The van der Waals surface area contributed by atoms with Crippen molar-refractivity contribution >= 4 is 29.3 Å². The summed E-state index contributed by atoms with van der Waals surface area (Å²) in [6.45, 7) is 2.06. The Labute approximate surface area is 148 Å². The van der Waals surface area contributed by atoms with E-state index in [9.17, 15) is 19.7 Å². The third-order valence-electron chi connectivity index (χ3n) is 3.72. The van der Waals surface area contributed by atoms with Crippen LogP contribution < -0.4 is 10.6 Å². The monoisotopic (exact) mass is 357 g/mol. The van der Waals surface area contributed by atoms with Gasteiger partial charge in [0.25, 0.3) is 17.5 Å². The molecule has 7 nitrogen and oxygen atoms in total. The van der Waals surface area contributed by atoms with Gasteiger partial charge in [0.1, 0.15) is 0 Å². The number of hydrogen-bond acceptors (Lipinski definition) is 5. The number of nitrogens with zero attached hydrogens (tertiary/aromatic N) is 1. The number of carbonyl (C=O) groups excluding carboxylic acids is 2. The van der Waals surface area contributed by atoms with Crippen LogP contribution in [0.2, 0.25) is 0 Å². The van der Waals surface area contributed by atoms with E-state index in [0.717, 1.165) is 11.8 Å². The van der Waals surface area contributed by atoms with Gasteiger partial charge in [-0.25, -0.2) is 0 Å². The second kappa shape index (κ2) is 6.94. The summed E-state index contributed by atoms with van der Waals surface area (Å²) >= 11 is 1.16. The van der Waals surface area contributed by atoms with Crippen molar-refractivity contribution in [1.29, 1.82) is 0 Å². The number of nitro benzene ring substituents is 1. The number of fused-ring (bicyclic) bond motifs is 2. The first-order valence-electron chi connectivity index (χ1n) is 7.60. The molecule has 1 atom stereocenters. The van der Waals surface area contributed by atoms with E-state index < -0.39 is 4.92 Å². The summed E-state index contributed by atoms with van der Waals surface area (Å²) in [7, 11) is 0. The van der Waals surface area contributed by atoms with Gasteiger partial charge < -0.3 is 10.6 Å². The van der Waals surface area contributed by atoms with Gasteiger partial charge in [0.05, 0.1) is 16.1 Å². The van der Waals surface area contributed by atoms with E-state index >= 15 is 0 Å². The molecule has 0 radical (unpaired) electrons. The zero-order valence-electron chi connectivity index (χ0n) is 13.3. The van der Waals surface area contributed by atoms with E-state index in [-0.39, 0.29) is 30.1 Å². The summed E-state index contributed by atoms with van der Waals surface area (Å²) in [5, 5.41) is 16.7. The van der Waals surface area contributed by atoms with Crippen molar-refractivity contribution in [3.63, 3.8) is 0 Å². The summed E-state index contributed by atoms with van der Waals surface area (Å²) in [5.41, 5.74) is 0.696. The largest absolute Gasteiger partial charge is 0.350 e. The fourth-order valence-electron chi connectivity index (χ4n) is 2.45. The van der Waals surface area contributed by atoms with E-state index in [1.165, 1.54) is 18.2 Å². The molecule has 1 aliphatic rings. The first-order chi connectivity index (χ1) is 12.0. The van der Waals surface area contributed by atoms with Gasteiger partial charge in [-0.2, -0.15) is 0 Å². The zero-order valence-corrected chi connectivity index (χ0v) is 14.1. The molecule has 0 saturated carbocycles. The summed E-state index contributed by atoms with van der Waals surface area (Å²) in [5.74, 6) is -0.586. The molecule has 2 N–H and O–H groups in total. The highest BCUT2D eigenvalue weighted by atomic mass is 32.2. The van der Waals surface area contributed by atoms with E-state index in [1.807, 2.05) is 0 Å². The molecule has 2 aromatic carbocycles.